The van der Waals surface area contributed by atoms with E-state index in [1.165, 1.54) is 6.20 Å². The molecule has 0 aliphatic carbocycles. The summed E-state index contributed by atoms with van der Waals surface area (Å²) in [6, 6.07) is 3.22. The molecule has 1 aliphatic heterocycles. The van der Waals surface area contributed by atoms with Gasteiger partial charge in [0.15, 0.2) is 0 Å². The molecule has 0 saturated carbocycles. The van der Waals surface area contributed by atoms with Gasteiger partial charge >= 0.3 is 0 Å². The minimum Gasteiger partial charge on any atom is -0.425 e. The molecule has 0 atom stereocenters. The molecule has 0 spiro atoms. The van der Waals surface area contributed by atoms with E-state index >= 15 is 0 Å². The van der Waals surface area contributed by atoms with Crippen LogP contribution in [-0.4, -0.2) is 39.1 Å². The molecule has 1 saturated heterocycles. The van der Waals surface area contributed by atoms with Gasteiger partial charge in [0.25, 0.3) is 11.5 Å². The number of H-pyrrole nitrogens is 1. The van der Waals surface area contributed by atoms with Crippen molar-refractivity contribution in [1.82, 2.24) is 20.1 Å². The number of aromatic amines is 1. The van der Waals surface area contributed by atoms with E-state index in [9.17, 15) is 9.59 Å². The van der Waals surface area contributed by atoms with E-state index in [0.717, 1.165) is 12.8 Å². The fourth-order valence-corrected chi connectivity index (χ4v) is 2.73. The highest BCUT2D eigenvalue weighted by Crippen LogP contribution is 2.28. The number of hydrogen-bond acceptors (Lipinski definition) is 5. The lowest BCUT2D eigenvalue weighted by molar-refractivity contribution is 0.0704. The summed E-state index contributed by atoms with van der Waals surface area (Å²) in [6.45, 7) is 5.18. The Kier molecular flexibility index (Phi) is 4.27. The summed E-state index contributed by atoms with van der Waals surface area (Å²) < 4.78 is 5.70. The SMILES string of the molecule is CC(C)c1nnc(C2CCN(C(=O)c3ccc[nH]c3=O)CC2)o1. The number of pyridine rings is 1. The first-order chi connectivity index (χ1) is 11.1. The van der Waals surface area contributed by atoms with E-state index in [-0.39, 0.29) is 28.9 Å². The van der Waals surface area contributed by atoms with Crippen LogP contribution in [0.3, 0.4) is 0 Å². The van der Waals surface area contributed by atoms with Crippen molar-refractivity contribution in [1.29, 1.82) is 0 Å². The molecule has 0 radical (unpaired) electrons. The predicted octanol–water partition coefficient (Wildman–Crippen LogP) is 1.90. The molecule has 23 heavy (non-hydrogen) atoms. The Morgan fingerprint density at radius 2 is 2.09 bits per heavy atom. The molecule has 3 rings (SSSR count). The first-order valence-electron chi connectivity index (χ1n) is 7.86. The first-order valence-corrected chi connectivity index (χ1v) is 7.86. The zero-order valence-corrected chi connectivity index (χ0v) is 13.3. The van der Waals surface area contributed by atoms with Gasteiger partial charge in [0.05, 0.1) is 0 Å². The lowest BCUT2D eigenvalue weighted by atomic mass is 9.96. The fourth-order valence-electron chi connectivity index (χ4n) is 2.73. The number of piperidine rings is 1. The smallest absolute Gasteiger partial charge is 0.260 e. The number of aromatic nitrogens is 3. The predicted molar refractivity (Wildman–Crippen MR) is 83.3 cm³/mol. The molecule has 0 aromatic carbocycles. The second-order valence-electron chi connectivity index (χ2n) is 6.11. The Bertz CT molecular complexity index is 742. The topological polar surface area (TPSA) is 92.1 Å². The van der Waals surface area contributed by atoms with Crippen LogP contribution in [0.4, 0.5) is 0 Å². The van der Waals surface area contributed by atoms with E-state index in [4.69, 9.17) is 4.42 Å². The number of nitrogens with zero attached hydrogens (tertiary/aromatic N) is 3. The van der Waals surface area contributed by atoms with E-state index in [0.29, 0.717) is 24.9 Å². The molecule has 1 N–H and O–H groups in total. The molecule has 1 amide bonds. The van der Waals surface area contributed by atoms with Crippen molar-refractivity contribution in [3.8, 4) is 0 Å². The third-order valence-corrected chi connectivity index (χ3v) is 4.13. The molecule has 0 bridgehead atoms. The van der Waals surface area contributed by atoms with Crippen molar-refractivity contribution in [2.75, 3.05) is 13.1 Å². The number of rotatable bonds is 3. The van der Waals surface area contributed by atoms with Crippen molar-refractivity contribution < 1.29 is 9.21 Å². The average Bonchev–Trinajstić information content (AvgIpc) is 3.05. The van der Waals surface area contributed by atoms with E-state index in [1.807, 2.05) is 13.8 Å². The summed E-state index contributed by atoms with van der Waals surface area (Å²) in [4.78, 5) is 28.4. The monoisotopic (exact) mass is 316 g/mol. The lowest BCUT2D eigenvalue weighted by Gasteiger charge is -2.30. The van der Waals surface area contributed by atoms with Crippen molar-refractivity contribution in [2.24, 2.45) is 0 Å². The number of carbonyl (C=O) groups excluding carboxylic acids is 1. The van der Waals surface area contributed by atoms with Gasteiger partial charge in [0.1, 0.15) is 5.56 Å². The van der Waals surface area contributed by atoms with Crippen LogP contribution < -0.4 is 5.56 Å². The summed E-state index contributed by atoms with van der Waals surface area (Å²) in [6.07, 6.45) is 3.04. The minimum absolute atomic E-state index is 0.174. The van der Waals surface area contributed by atoms with Gasteiger partial charge in [-0.25, -0.2) is 0 Å². The van der Waals surface area contributed by atoms with Crippen molar-refractivity contribution >= 4 is 5.91 Å². The molecule has 7 heteroatoms. The van der Waals surface area contributed by atoms with E-state index in [1.54, 1.807) is 17.0 Å². The van der Waals surface area contributed by atoms with Crippen LogP contribution in [0.2, 0.25) is 0 Å². The van der Waals surface area contributed by atoms with Crippen LogP contribution in [-0.2, 0) is 0 Å². The largest absolute Gasteiger partial charge is 0.425 e. The first kappa shape index (κ1) is 15.5. The molecule has 2 aromatic rings. The zero-order chi connectivity index (χ0) is 16.4. The molecular weight excluding hydrogens is 296 g/mol. The zero-order valence-electron chi connectivity index (χ0n) is 13.3. The molecule has 3 heterocycles. The number of carbonyl (C=O) groups is 1. The van der Waals surface area contributed by atoms with Crippen molar-refractivity contribution in [3.05, 3.63) is 46.0 Å². The molecule has 122 valence electrons. The minimum atomic E-state index is -0.349. The van der Waals surface area contributed by atoms with Gasteiger partial charge in [-0.3, -0.25) is 9.59 Å². The van der Waals surface area contributed by atoms with E-state index in [2.05, 4.69) is 15.2 Å². The molecule has 2 aromatic heterocycles. The standard InChI is InChI=1S/C16H20N4O3/c1-10(2)14-18-19-15(23-14)11-5-8-20(9-6-11)16(22)12-4-3-7-17-13(12)21/h3-4,7,10-11H,5-6,8-9H2,1-2H3,(H,17,21). The Morgan fingerprint density at radius 3 is 2.70 bits per heavy atom. The van der Waals surface area contributed by atoms with Gasteiger partial charge in [0.2, 0.25) is 11.8 Å². The Hall–Kier alpha value is -2.44. The number of nitrogens with one attached hydrogen (secondary N) is 1. The maximum absolute atomic E-state index is 12.4. The lowest BCUT2D eigenvalue weighted by Crippen LogP contribution is -2.40. The van der Waals surface area contributed by atoms with Crippen LogP contribution in [0.1, 0.15) is 60.7 Å². The summed E-state index contributed by atoms with van der Waals surface area (Å²) in [5.41, 5.74) is -0.163. The summed E-state index contributed by atoms with van der Waals surface area (Å²) >= 11 is 0. The second-order valence-corrected chi connectivity index (χ2v) is 6.11. The second kappa shape index (κ2) is 6.36. The molecule has 1 fully saturated rings. The van der Waals surface area contributed by atoms with Gasteiger partial charge in [-0.15, -0.1) is 10.2 Å². The highest BCUT2D eigenvalue weighted by molar-refractivity contribution is 5.93. The molecule has 7 nitrogen and oxygen atoms in total. The van der Waals surface area contributed by atoms with Gasteiger partial charge in [-0.1, -0.05) is 13.8 Å². The van der Waals surface area contributed by atoms with Gasteiger partial charge in [0, 0.05) is 31.1 Å². The normalized spacial score (nSPS) is 16.0. The average molecular weight is 316 g/mol. The fraction of sp³-hybridized carbons (Fsp3) is 0.500. The summed E-state index contributed by atoms with van der Waals surface area (Å²) in [5, 5.41) is 8.19. The van der Waals surface area contributed by atoms with E-state index < -0.39 is 0 Å². The maximum atomic E-state index is 12.4. The van der Waals surface area contributed by atoms with Gasteiger partial charge in [-0.05, 0) is 25.0 Å². The number of amides is 1. The van der Waals surface area contributed by atoms with Crippen LogP contribution in [0, 0.1) is 0 Å². The Labute approximate surface area is 133 Å². The highest BCUT2D eigenvalue weighted by Gasteiger charge is 2.28. The summed E-state index contributed by atoms with van der Waals surface area (Å²) in [7, 11) is 0. The molecule has 1 aliphatic rings. The van der Waals surface area contributed by atoms with Crippen LogP contribution >= 0.6 is 0 Å². The maximum Gasteiger partial charge on any atom is 0.260 e. The Balaban J connectivity index is 1.65. The highest BCUT2D eigenvalue weighted by atomic mass is 16.4. The number of hydrogen-bond donors (Lipinski definition) is 1. The van der Waals surface area contributed by atoms with Crippen molar-refractivity contribution in [3.63, 3.8) is 0 Å². The van der Waals surface area contributed by atoms with Crippen LogP contribution in [0.15, 0.2) is 27.5 Å². The van der Waals surface area contributed by atoms with Crippen LogP contribution in [0.5, 0.6) is 0 Å². The summed E-state index contributed by atoms with van der Waals surface area (Å²) in [5.74, 6) is 1.46. The number of likely N-dealkylation sites (tertiary alicyclic amines) is 1. The van der Waals surface area contributed by atoms with Crippen LogP contribution in [0.25, 0.3) is 0 Å². The molecule has 0 unspecified atom stereocenters. The quantitative estimate of drug-likeness (QED) is 0.933. The molecular formula is C16H20N4O3. The van der Waals surface area contributed by atoms with Gasteiger partial charge in [-0.2, -0.15) is 0 Å². The van der Waals surface area contributed by atoms with Gasteiger partial charge < -0.3 is 14.3 Å². The van der Waals surface area contributed by atoms with Crippen molar-refractivity contribution in [2.45, 2.75) is 38.5 Å². The Morgan fingerprint density at radius 1 is 1.35 bits per heavy atom. The third kappa shape index (κ3) is 3.18. The third-order valence-electron chi connectivity index (χ3n) is 4.13.